The van der Waals surface area contributed by atoms with Gasteiger partial charge < -0.3 is 15.1 Å². The van der Waals surface area contributed by atoms with Gasteiger partial charge in [0.05, 0.1) is 18.1 Å². The maximum absolute atomic E-state index is 12.3. The van der Waals surface area contributed by atoms with E-state index in [1.807, 2.05) is 6.92 Å². The number of carboxylic acid groups (broad SMARTS) is 1. The molecule has 1 aliphatic carbocycles. The van der Waals surface area contributed by atoms with Crippen molar-refractivity contribution in [1.82, 2.24) is 9.80 Å². The number of hydrogen-bond acceptors (Lipinski definition) is 5. The highest BCUT2D eigenvalue weighted by atomic mass is 32.2. The molecule has 2 N–H and O–H groups in total. The molecule has 0 radical (unpaired) electrons. The van der Waals surface area contributed by atoms with Crippen LogP contribution in [0.25, 0.3) is 0 Å². The van der Waals surface area contributed by atoms with E-state index in [9.17, 15) is 19.8 Å². The maximum atomic E-state index is 12.3. The number of amides is 1. The number of nitrogens with zero attached hydrogens (tertiary/aromatic N) is 2. The van der Waals surface area contributed by atoms with Crippen LogP contribution in [0.4, 0.5) is 0 Å². The molecule has 0 aromatic heterocycles. The third-order valence-corrected chi connectivity index (χ3v) is 7.52. The van der Waals surface area contributed by atoms with Gasteiger partial charge in [0, 0.05) is 35.2 Å². The highest BCUT2D eigenvalue weighted by Crippen LogP contribution is 2.52. The first-order valence-electron chi connectivity index (χ1n) is 8.79. The second-order valence-corrected chi connectivity index (χ2v) is 8.89. The summed E-state index contributed by atoms with van der Waals surface area (Å²) in [6.07, 6.45) is 3.16. The third kappa shape index (κ3) is 2.24. The van der Waals surface area contributed by atoms with Crippen LogP contribution in [0.3, 0.4) is 0 Å². The molecule has 1 amide bonds. The average Bonchev–Trinajstić information content (AvgIpc) is 2.64. The number of fused-ring (bicyclic) bond motifs is 1. The van der Waals surface area contributed by atoms with E-state index in [0.29, 0.717) is 5.25 Å². The summed E-state index contributed by atoms with van der Waals surface area (Å²) in [5, 5.41) is 19.9. The molecule has 132 valence electrons. The molecule has 6 nitrogen and oxygen atoms in total. The van der Waals surface area contributed by atoms with Gasteiger partial charge >= 0.3 is 5.97 Å². The number of carbonyl (C=O) groups is 2. The van der Waals surface area contributed by atoms with Crippen LogP contribution in [-0.2, 0) is 9.59 Å². The number of aliphatic hydroxyl groups excluding tert-OH is 1. The van der Waals surface area contributed by atoms with E-state index in [4.69, 9.17) is 0 Å². The number of thioether (sulfide) groups is 1. The smallest absolute Gasteiger partial charge is 0.353 e. The van der Waals surface area contributed by atoms with Gasteiger partial charge in [0.25, 0.3) is 0 Å². The van der Waals surface area contributed by atoms with Gasteiger partial charge in [0.2, 0.25) is 5.91 Å². The van der Waals surface area contributed by atoms with E-state index in [2.05, 4.69) is 4.90 Å². The Labute approximate surface area is 145 Å². The molecule has 2 saturated heterocycles. The van der Waals surface area contributed by atoms with Gasteiger partial charge in [-0.1, -0.05) is 13.3 Å². The Morgan fingerprint density at radius 3 is 2.50 bits per heavy atom. The number of aliphatic carboxylic acids is 1. The monoisotopic (exact) mass is 352 g/mol. The van der Waals surface area contributed by atoms with Gasteiger partial charge in [0.15, 0.2) is 0 Å². The maximum Gasteiger partial charge on any atom is 0.353 e. The molecule has 4 aliphatic rings. The van der Waals surface area contributed by atoms with Crippen molar-refractivity contribution in [2.45, 2.75) is 56.5 Å². The number of carboxylic acids is 1. The van der Waals surface area contributed by atoms with E-state index in [0.717, 1.165) is 24.0 Å². The zero-order valence-corrected chi connectivity index (χ0v) is 14.8. The highest BCUT2D eigenvalue weighted by molar-refractivity contribution is 8.03. The SMILES string of the molecule is CC(O)C1C(=O)N2C(C(=O)O)=C(SC3CN(C4CCC4)C3)C(C)C12. The number of rotatable bonds is 5. The van der Waals surface area contributed by atoms with Crippen LogP contribution < -0.4 is 0 Å². The lowest BCUT2D eigenvalue weighted by molar-refractivity contribution is -0.163. The minimum Gasteiger partial charge on any atom is -0.477 e. The molecule has 3 fully saturated rings. The minimum absolute atomic E-state index is 0.0175. The van der Waals surface area contributed by atoms with Crippen molar-refractivity contribution >= 4 is 23.6 Å². The van der Waals surface area contributed by atoms with Crippen LogP contribution in [0.5, 0.6) is 0 Å². The Bertz CT molecular complexity index is 610. The van der Waals surface area contributed by atoms with E-state index in [1.54, 1.807) is 18.7 Å². The fraction of sp³-hybridized carbons (Fsp3) is 0.765. The molecule has 4 atom stereocenters. The predicted molar refractivity (Wildman–Crippen MR) is 90.2 cm³/mol. The Morgan fingerprint density at radius 2 is 2.00 bits per heavy atom. The molecule has 4 unspecified atom stereocenters. The van der Waals surface area contributed by atoms with E-state index in [-0.39, 0.29) is 23.6 Å². The Hall–Kier alpha value is -1.05. The second-order valence-electron chi connectivity index (χ2n) is 7.55. The first-order valence-corrected chi connectivity index (χ1v) is 9.67. The van der Waals surface area contributed by atoms with Crippen LogP contribution in [0.1, 0.15) is 33.1 Å². The summed E-state index contributed by atoms with van der Waals surface area (Å²) in [7, 11) is 0. The Balaban J connectivity index is 1.49. The van der Waals surface area contributed by atoms with Crippen LogP contribution in [0.15, 0.2) is 10.6 Å². The van der Waals surface area contributed by atoms with Crippen molar-refractivity contribution in [2.75, 3.05) is 13.1 Å². The van der Waals surface area contributed by atoms with E-state index < -0.39 is 18.0 Å². The predicted octanol–water partition coefficient (Wildman–Crippen LogP) is 1.11. The zero-order valence-electron chi connectivity index (χ0n) is 14.0. The van der Waals surface area contributed by atoms with Crippen molar-refractivity contribution in [1.29, 1.82) is 0 Å². The summed E-state index contributed by atoms with van der Waals surface area (Å²) >= 11 is 1.64. The summed E-state index contributed by atoms with van der Waals surface area (Å²) in [5.74, 6) is -1.77. The largest absolute Gasteiger partial charge is 0.477 e. The molecule has 3 aliphatic heterocycles. The molecule has 24 heavy (non-hydrogen) atoms. The third-order valence-electron chi connectivity index (χ3n) is 6.07. The van der Waals surface area contributed by atoms with Crippen molar-refractivity contribution in [3.63, 3.8) is 0 Å². The Morgan fingerprint density at radius 1 is 1.33 bits per heavy atom. The molecule has 4 rings (SSSR count). The molecular formula is C17H24N2O4S. The number of β-lactam (4-membered cyclic amide) rings is 1. The van der Waals surface area contributed by atoms with Crippen LogP contribution in [-0.4, -0.2) is 68.4 Å². The summed E-state index contributed by atoms with van der Waals surface area (Å²) in [5.41, 5.74) is 0.154. The zero-order chi connectivity index (χ0) is 17.2. The first kappa shape index (κ1) is 16.4. The van der Waals surface area contributed by atoms with Gasteiger partial charge in [0.1, 0.15) is 5.70 Å². The normalized spacial score (nSPS) is 35.4. The van der Waals surface area contributed by atoms with Crippen molar-refractivity contribution < 1.29 is 19.8 Å². The molecule has 0 bridgehead atoms. The lowest BCUT2D eigenvalue weighted by Gasteiger charge is -2.48. The molecule has 0 spiro atoms. The van der Waals surface area contributed by atoms with E-state index in [1.165, 1.54) is 24.2 Å². The van der Waals surface area contributed by atoms with Crippen molar-refractivity contribution in [3.05, 3.63) is 10.6 Å². The fourth-order valence-corrected chi connectivity index (χ4v) is 5.99. The van der Waals surface area contributed by atoms with Gasteiger partial charge in [-0.2, -0.15) is 0 Å². The van der Waals surface area contributed by atoms with Crippen LogP contribution in [0, 0.1) is 11.8 Å². The van der Waals surface area contributed by atoms with Crippen molar-refractivity contribution in [2.24, 2.45) is 11.8 Å². The van der Waals surface area contributed by atoms with E-state index >= 15 is 0 Å². The number of likely N-dealkylation sites (tertiary alicyclic amines) is 1. The van der Waals surface area contributed by atoms with Gasteiger partial charge in [-0.15, -0.1) is 11.8 Å². The summed E-state index contributed by atoms with van der Waals surface area (Å²) < 4.78 is 0. The standard InChI is InChI=1S/C17H24N2O4S/c1-8-13-12(9(2)20)16(21)19(13)14(17(22)23)15(8)24-11-6-18(7-11)10-4-3-5-10/h8-13,20H,3-7H2,1-2H3,(H,22,23). The summed E-state index contributed by atoms with van der Waals surface area (Å²) in [6.45, 7) is 5.62. The van der Waals surface area contributed by atoms with Gasteiger partial charge in [-0.05, 0) is 19.8 Å². The van der Waals surface area contributed by atoms with Crippen LogP contribution >= 0.6 is 11.8 Å². The van der Waals surface area contributed by atoms with Gasteiger partial charge in [-0.25, -0.2) is 4.79 Å². The lowest BCUT2D eigenvalue weighted by Crippen LogP contribution is -2.63. The average molecular weight is 352 g/mol. The topological polar surface area (TPSA) is 81.1 Å². The van der Waals surface area contributed by atoms with Crippen LogP contribution in [0.2, 0.25) is 0 Å². The number of hydrogen-bond donors (Lipinski definition) is 2. The molecule has 3 heterocycles. The van der Waals surface area contributed by atoms with Gasteiger partial charge in [-0.3, -0.25) is 9.69 Å². The molecule has 0 aromatic rings. The number of carbonyl (C=O) groups excluding carboxylic acids is 1. The molecule has 0 aromatic carbocycles. The quantitative estimate of drug-likeness (QED) is 0.722. The summed E-state index contributed by atoms with van der Waals surface area (Å²) in [6, 6.07) is 0.533. The first-order chi connectivity index (χ1) is 11.4. The number of aliphatic hydroxyl groups is 1. The molecule has 7 heteroatoms. The second kappa shape index (κ2) is 5.75. The highest BCUT2D eigenvalue weighted by Gasteiger charge is 2.60. The Kier molecular flexibility index (Phi) is 3.93. The minimum atomic E-state index is -1.03. The lowest BCUT2D eigenvalue weighted by atomic mass is 9.79. The molecule has 1 saturated carbocycles. The van der Waals surface area contributed by atoms with Crippen molar-refractivity contribution in [3.8, 4) is 0 Å². The fourth-order valence-electron chi connectivity index (χ4n) is 4.45. The molecular weight excluding hydrogens is 328 g/mol. The summed E-state index contributed by atoms with van der Waals surface area (Å²) in [4.78, 5) is 28.8.